The van der Waals surface area contributed by atoms with E-state index in [1.807, 2.05) is 36.1 Å². The largest absolute Gasteiger partial charge is 0.448 e. The summed E-state index contributed by atoms with van der Waals surface area (Å²) in [4.78, 5) is 15.3. The molecule has 2 unspecified atom stereocenters. The number of hydrogen-bond donors (Lipinski definition) is 1. The minimum Gasteiger partial charge on any atom is -0.448 e. The maximum absolute atomic E-state index is 13.4. The van der Waals surface area contributed by atoms with Gasteiger partial charge in [0.15, 0.2) is 0 Å². The van der Waals surface area contributed by atoms with Crippen LogP contribution in [0.3, 0.4) is 0 Å². The molecule has 2 atom stereocenters. The van der Waals surface area contributed by atoms with Crippen LogP contribution in [0.5, 0.6) is 0 Å². The summed E-state index contributed by atoms with van der Waals surface area (Å²) in [6, 6.07) is 20.4. The quantitative estimate of drug-likeness (QED) is 0.606. The molecule has 6 rings (SSSR count). The molecule has 6 heteroatoms. The number of aliphatic hydroxyl groups is 1. The second kappa shape index (κ2) is 8.20. The summed E-state index contributed by atoms with van der Waals surface area (Å²) in [5.41, 5.74) is 5.23. The van der Waals surface area contributed by atoms with Crippen molar-refractivity contribution < 1.29 is 14.6 Å². The molecule has 3 aliphatic rings. The first-order valence-electron chi connectivity index (χ1n) is 12.2. The van der Waals surface area contributed by atoms with Gasteiger partial charge in [0.05, 0.1) is 11.4 Å². The van der Waals surface area contributed by atoms with Crippen LogP contribution in [0.2, 0.25) is 0 Å². The van der Waals surface area contributed by atoms with Gasteiger partial charge in [0.2, 0.25) is 0 Å². The average Bonchev–Trinajstić information content (AvgIpc) is 3.16. The van der Waals surface area contributed by atoms with E-state index in [1.165, 1.54) is 22.3 Å². The minimum absolute atomic E-state index is 0.0424. The first-order chi connectivity index (χ1) is 16.5. The third kappa shape index (κ3) is 3.48. The van der Waals surface area contributed by atoms with E-state index in [0.29, 0.717) is 25.1 Å². The zero-order valence-electron chi connectivity index (χ0n) is 19.4. The zero-order valence-corrected chi connectivity index (χ0v) is 19.4. The Bertz CT molecular complexity index is 1170. The third-order valence-corrected chi connectivity index (χ3v) is 7.83. The van der Waals surface area contributed by atoms with E-state index in [4.69, 9.17) is 4.74 Å². The molecule has 2 saturated heterocycles. The number of rotatable bonds is 3. The number of amides is 1. The minimum atomic E-state index is -1.06. The van der Waals surface area contributed by atoms with Gasteiger partial charge in [-0.2, -0.15) is 10.2 Å². The van der Waals surface area contributed by atoms with Crippen LogP contribution in [0.25, 0.3) is 11.1 Å². The van der Waals surface area contributed by atoms with Crippen LogP contribution in [0.4, 0.5) is 4.79 Å². The van der Waals surface area contributed by atoms with Crippen LogP contribution < -0.4 is 0 Å². The van der Waals surface area contributed by atoms with E-state index >= 15 is 0 Å². The van der Waals surface area contributed by atoms with Gasteiger partial charge in [-0.05, 0) is 60.6 Å². The van der Waals surface area contributed by atoms with Gasteiger partial charge < -0.3 is 14.7 Å². The fourth-order valence-corrected chi connectivity index (χ4v) is 6.25. The predicted molar refractivity (Wildman–Crippen MR) is 128 cm³/mol. The SMILES string of the molecule is Cc1ccc(C2(O)CC3CCCC(C2)N3C(=O)OCC2c3ccccc3-c3ccccc32)nn1. The first-order valence-corrected chi connectivity index (χ1v) is 12.2. The Hall–Kier alpha value is -3.25. The van der Waals surface area contributed by atoms with Gasteiger partial charge in [-0.25, -0.2) is 4.79 Å². The van der Waals surface area contributed by atoms with Gasteiger partial charge in [-0.1, -0.05) is 48.5 Å². The lowest BCUT2D eigenvalue weighted by Gasteiger charge is -2.50. The first kappa shape index (κ1) is 21.3. The monoisotopic (exact) mass is 455 g/mol. The van der Waals surface area contributed by atoms with Crippen LogP contribution in [0.1, 0.15) is 60.5 Å². The van der Waals surface area contributed by atoms with E-state index in [-0.39, 0.29) is 24.1 Å². The van der Waals surface area contributed by atoms with Crippen LogP contribution in [-0.4, -0.2) is 45.0 Å². The van der Waals surface area contributed by atoms with E-state index in [0.717, 1.165) is 25.0 Å². The van der Waals surface area contributed by atoms with E-state index in [2.05, 4.69) is 46.6 Å². The predicted octanol–water partition coefficient (Wildman–Crippen LogP) is 4.94. The van der Waals surface area contributed by atoms with Crippen molar-refractivity contribution in [3.63, 3.8) is 0 Å². The molecule has 0 spiro atoms. The molecule has 0 radical (unpaired) electrons. The zero-order chi connectivity index (χ0) is 23.3. The fraction of sp³-hybridized carbons (Fsp3) is 0.393. The smallest absolute Gasteiger partial charge is 0.410 e. The molecule has 6 nitrogen and oxygen atoms in total. The second-order valence-corrected chi connectivity index (χ2v) is 9.95. The van der Waals surface area contributed by atoms with Gasteiger partial charge in [0.25, 0.3) is 0 Å². The number of aromatic nitrogens is 2. The number of nitrogens with zero attached hydrogens (tertiary/aromatic N) is 3. The summed E-state index contributed by atoms with van der Waals surface area (Å²) in [6.07, 6.45) is 3.44. The van der Waals surface area contributed by atoms with E-state index < -0.39 is 5.60 Å². The highest BCUT2D eigenvalue weighted by Gasteiger charge is 2.49. The average molecular weight is 456 g/mol. The number of piperidine rings is 2. The highest BCUT2D eigenvalue weighted by molar-refractivity contribution is 5.79. The van der Waals surface area contributed by atoms with Crippen molar-refractivity contribution in [1.29, 1.82) is 0 Å². The van der Waals surface area contributed by atoms with Crippen molar-refractivity contribution in [3.8, 4) is 11.1 Å². The molecule has 2 fully saturated rings. The Balaban J connectivity index is 1.20. The van der Waals surface area contributed by atoms with Gasteiger partial charge in [-0.3, -0.25) is 0 Å². The molecule has 3 aromatic rings. The van der Waals surface area contributed by atoms with Gasteiger partial charge >= 0.3 is 6.09 Å². The molecule has 1 amide bonds. The maximum atomic E-state index is 13.4. The summed E-state index contributed by atoms with van der Waals surface area (Å²) in [5.74, 6) is 0.0424. The Kier molecular flexibility index (Phi) is 5.14. The summed E-state index contributed by atoms with van der Waals surface area (Å²) in [6.45, 7) is 2.20. The number of benzene rings is 2. The molecule has 1 aliphatic carbocycles. The van der Waals surface area contributed by atoms with E-state index in [1.54, 1.807) is 0 Å². The molecule has 3 heterocycles. The van der Waals surface area contributed by atoms with Gasteiger partial charge in [0.1, 0.15) is 12.2 Å². The molecular weight excluding hydrogens is 426 g/mol. The Morgan fingerprint density at radius 2 is 1.59 bits per heavy atom. The number of carbonyl (C=O) groups excluding carboxylic acids is 1. The van der Waals surface area contributed by atoms with Crippen molar-refractivity contribution >= 4 is 6.09 Å². The Morgan fingerprint density at radius 3 is 2.18 bits per heavy atom. The molecule has 34 heavy (non-hydrogen) atoms. The number of aryl methyl sites for hydroxylation is 1. The Labute approximate surface area is 199 Å². The van der Waals surface area contributed by atoms with Crippen LogP contribution in [-0.2, 0) is 10.3 Å². The lowest BCUT2D eigenvalue weighted by atomic mass is 9.74. The molecule has 2 aromatic carbocycles. The van der Waals surface area contributed by atoms with Crippen LogP contribution in [0.15, 0.2) is 60.7 Å². The number of fused-ring (bicyclic) bond motifs is 5. The molecular formula is C28H29N3O3. The van der Waals surface area contributed by atoms with Crippen molar-refractivity contribution in [1.82, 2.24) is 15.1 Å². The van der Waals surface area contributed by atoms with E-state index in [9.17, 15) is 9.90 Å². The molecule has 1 aromatic heterocycles. The molecule has 174 valence electrons. The number of carbonyl (C=O) groups is 1. The van der Waals surface area contributed by atoms with Crippen LogP contribution in [0, 0.1) is 6.92 Å². The summed E-state index contributed by atoms with van der Waals surface area (Å²) in [5, 5.41) is 19.9. The molecule has 2 aliphatic heterocycles. The summed E-state index contributed by atoms with van der Waals surface area (Å²) >= 11 is 0. The van der Waals surface area contributed by atoms with Crippen molar-refractivity contribution in [2.24, 2.45) is 0 Å². The van der Waals surface area contributed by atoms with Crippen LogP contribution >= 0.6 is 0 Å². The van der Waals surface area contributed by atoms with Crippen molar-refractivity contribution in [2.45, 2.75) is 62.6 Å². The molecule has 0 saturated carbocycles. The van der Waals surface area contributed by atoms with Crippen molar-refractivity contribution in [2.75, 3.05) is 6.61 Å². The van der Waals surface area contributed by atoms with Gasteiger partial charge in [0, 0.05) is 30.8 Å². The highest BCUT2D eigenvalue weighted by Crippen LogP contribution is 2.46. The van der Waals surface area contributed by atoms with Gasteiger partial charge in [-0.15, -0.1) is 0 Å². The normalized spacial score (nSPS) is 25.5. The fourth-order valence-electron chi connectivity index (χ4n) is 6.25. The summed E-state index contributed by atoms with van der Waals surface area (Å²) < 4.78 is 5.98. The maximum Gasteiger partial charge on any atom is 0.410 e. The topological polar surface area (TPSA) is 75.5 Å². The lowest BCUT2D eigenvalue weighted by molar-refractivity contribution is -0.0917. The molecule has 1 N–H and O–H groups in total. The lowest BCUT2D eigenvalue weighted by Crippen LogP contribution is -2.59. The number of hydrogen-bond acceptors (Lipinski definition) is 5. The summed E-state index contributed by atoms with van der Waals surface area (Å²) in [7, 11) is 0. The number of ether oxygens (including phenoxy) is 1. The van der Waals surface area contributed by atoms with Crippen molar-refractivity contribution in [3.05, 3.63) is 83.2 Å². The Morgan fingerprint density at radius 1 is 0.971 bits per heavy atom. The third-order valence-electron chi connectivity index (χ3n) is 7.83. The standard InChI is InChI=1S/C28H29N3O3/c1-18-13-14-26(30-29-18)28(33)15-19-7-6-8-20(16-28)31(19)27(32)34-17-25-23-11-4-2-9-21(23)22-10-3-5-12-24(22)25/h2-5,9-14,19-20,25,33H,6-8,15-17H2,1H3. The second-order valence-electron chi connectivity index (χ2n) is 9.95. The highest BCUT2D eigenvalue weighted by atomic mass is 16.6. The molecule has 2 bridgehead atoms.